The summed E-state index contributed by atoms with van der Waals surface area (Å²) >= 11 is 1.79. The number of carbonyl (C=O) groups excluding carboxylic acids is 1. The van der Waals surface area contributed by atoms with E-state index in [2.05, 4.69) is 82.5 Å². The molecule has 1 heterocycles. The van der Waals surface area contributed by atoms with Gasteiger partial charge in [-0.05, 0) is 103 Å². The molecule has 1 fully saturated rings. The Labute approximate surface area is 312 Å². The largest absolute Gasteiger partial charge is 0.381 e. The van der Waals surface area contributed by atoms with Crippen LogP contribution in [0.2, 0.25) is 0 Å². The van der Waals surface area contributed by atoms with E-state index in [4.69, 9.17) is 4.74 Å². The van der Waals surface area contributed by atoms with Gasteiger partial charge in [-0.3, -0.25) is 4.79 Å². The number of methoxy groups -OCH3 is 1. The van der Waals surface area contributed by atoms with Gasteiger partial charge < -0.3 is 15.0 Å². The van der Waals surface area contributed by atoms with Crippen LogP contribution in [-0.2, 0) is 21.2 Å². The average Bonchev–Trinajstić information content (AvgIpc) is 3.18. The standard InChI is InChI=1S/C43H47N3O4S2/c1-4-36(31-51-38-16-9-6-10-17-38)44-41-24-23-39(29-32(41)2)52(48,49)45-42(47)34-19-21-37(22-20-34)46-27-25-43(50-3,26-28-46)30-35-15-11-12-18-40(35)33-13-7-5-8-14-33/h5-24,29,36,44H,4,25-28,30-31H2,1-3H3,(H,45,47). The number of carbonyl (C=O) groups is 1. The van der Waals surface area contributed by atoms with Crippen LogP contribution in [-0.4, -0.2) is 51.9 Å². The van der Waals surface area contributed by atoms with Gasteiger partial charge in [0, 0.05) is 60.2 Å². The molecule has 52 heavy (non-hydrogen) atoms. The molecule has 0 radical (unpaired) electrons. The lowest BCUT2D eigenvalue weighted by molar-refractivity contribution is -0.0288. The maximum absolute atomic E-state index is 13.3. The number of rotatable bonds is 14. The van der Waals surface area contributed by atoms with Gasteiger partial charge in [-0.2, -0.15) is 0 Å². The van der Waals surface area contributed by atoms with Crippen LogP contribution in [0, 0.1) is 6.92 Å². The van der Waals surface area contributed by atoms with Crippen molar-refractivity contribution >= 4 is 39.1 Å². The van der Waals surface area contributed by atoms with E-state index in [0.29, 0.717) is 0 Å². The number of amides is 1. The first kappa shape index (κ1) is 37.2. The molecule has 0 aromatic heterocycles. The second-order valence-corrected chi connectivity index (χ2v) is 16.2. The van der Waals surface area contributed by atoms with Crippen LogP contribution < -0.4 is 14.9 Å². The zero-order chi connectivity index (χ0) is 36.6. The Bertz CT molecular complexity index is 2050. The first-order valence-electron chi connectivity index (χ1n) is 17.8. The van der Waals surface area contributed by atoms with E-state index in [1.54, 1.807) is 42.1 Å². The molecule has 1 unspecified atom stereocenters. The van der Waals surface area contributed by atoms with Crippen molar-refractivity contribution in [3.63, 3.8) is 0 Å². The number of nitrogens with one attached hydrogen (secondary N) is 2. The van der Waals surface area contributed by atoms with Gasteiger partial charge in [0.25, 0.3) is 15.9 Å². The highest BCUT2D eigenvalue weighted by molar-refractivity contribution is 7.99. The van der Waals surface area contributed by atoms with Gasteiger partial charge in [0.2, 0.25) is 0 Å². The summed E-state index contributed by atoms with van der Waals surface area (Å²) in [6, 6.07) is 41.6. The van der Waals surface area contributed by atoms with Crippen molar-refractivity contribution in [1.29, 1.82) is 0 Å². The lowest BCUT2D eigenvalue weighted by Crippen LogP contribution is -2.47. The summed E-state index contributed by atoms with van der Waals surface area (Å²) in [5.41, 5.74) is 6.37. The fourth-order valence-electron chi connectivity index (χ4n) is 6.77. The van der Waals surface area contributed by atoms with Gasteiger partial charge in [0.05, 0.1) is 10.5 Å². The van der Waals surface area contributed by atoms with Crippen molar-refractivity contribution in [2.45, 2.75) is 61.0 Å². The SMILES string of the molecule is CCC(CSc1ccccc1)Nc1ccc(S(=O)(=O)NC(=O)c2ccc(N3CCC(Cc4ccccc4-c4ccccc4)(OC)CC3)cc2)cc1C. The number of hydrogen-bond acceptors (Lipinski definition) is 7. The Morgan fingerprint density at radius 3 is 2.17 bits per heavy atom. The third-order valence-corrected chi connectivity index (χ3v) is 12.5. The molecule has 270 valence electrons. The Balaban J connectivity index is 1.04. The highest BCUT2D eigenvalue weighted by Gasteiger charge is 2.35. The minimum atomic E-state index is -4.08. The van der Waals surface area contributed by atoms with E-state index >= 15 is 0 Å². The van der Waals surface area contributed by atoms with Crippen LogP contribution in [0.5, 0.6) is 0 Å². The van der Waals surface area contributed by atoms with E-state index in [0.717, 1.165) is 61.5 Å². The van der Waals surface area contributed by atoms with Gasteiger partial charge in [-0.1, -0.05) is 79.7 Å². The van der Waals surface area contributed by atoms with Gasteiger partial charge in [0.15, 0.2) is 0 Å². The fourth-order valence-corrected chi connectivity index (χ4v) is 8.89. The minimum Gasteiger partial charge on any atom is -0.381 e. The molecule has 0 spiro atoms. The van der Waals surface area contributed by atoms with Gasteiger partial charge >= 0.3 is 0 Å². The molecule has 1 atom stereocenters. The highest BCUT2D eigenvalue weighted by atomic mass is 32.2. The zero-order valence-electron chi connectivity index (χ0n) is 30.0. The number of anilines is 2. The Morgan fingerprint density at radius 1 is 0.865 bits per heavy atom. The maximum atomic E-state index is 13.3. The lowest BCUT2D eigenvalue weighted by atomic mass is 9.82. The van der Waals surface area contributed by atoms with E-state index in [9.17, 15) is 13.2 Å². The molecule has 0 saturated carbocycles. The molecule has 7 nitrogen and oxygen atoms in total. The molecule has 5 aromatic carbocycles. The van der Waals surface area contributed by atoms with Crippen molar-refractivity contribution in [3.05, 3.63) is 144 Å². The van der Waals surface area contributed by atoms with E-state index in [-0.39, 0.29) is 22.1 Å². The molecule has 0 bridgehead atoms. The van der Waals surface area contributed by atoms with Crippen molar-refractivity contribution in [1.82, 2.24) is 4.72 Å². The maximum Gasteiger partial charge on any atom is 0.264 e. The molecule has 6 rings (SSSR count). The number of aryl methyl sites for hydroxylation is 1. The topological polar surface area (TPSA) is 87.7 Å². The average molecular weight is 734 g/mol. The van der Waals surface area contributed by atoms with Crippen LogP contribution >= 0.6 is 11.8 Å². The van der Waals surface area contributed by atoms with Crippen molar-refractivity contribution in [2.24, 2.45) is 0 Å². The van der Waals surface area contributed by atoms with Crippen molar-refractivity contribution < 1.29 is 17.9 Å². The summed E-state index contributed by atoms with van der Waals surface area (Å²) in [5.74, 6) is 0.217. The summed E-state index contributed by atoms with van der Waals surface area (Å²) in [4.78, 5) is 16.7. The third-order valence-electron chi connectivity index (χ3n) is 10.00. The number of thioether (sulfide) groups is 1. The van der Waals surface area contributed by atoms with Gasteiger partial charge in [0.1, 0.15) is 0 Å². The monoisotopic (exact) mass is 733 g/mol. The normalized spacial score (nSPS) is 14.8. The van der Waals surface area contributed by atoms with Gasteiger partial charge in [-0.15, -0.1) is 11.8 Å². The van der Waals surface area contributed by atoms with Crippen LogP contribution in [0.3, 0.4) is 0 Å². The molecular formula is C43H47N3O4S2. The molecule has 1 amide bonds. The highest BCUT2D eigenvalue weighted by Crippen LogP contribution is 2.35. The third kappa shape index (κ3) is 9.07. The summed E-state index contributed by atoms with van der Waals surface area (Å²) in [6.07, 6.45) is 3.45. The van der Waals surface area contributed by atoms with E-state index in [1.807, 2.05) is 50.4 Å². The van der Waals surface area contributed by atoms with E-state index in [1.165, 1.54) is 21.6 Å². The summed E-state index contributed by atoms with van der Waals surface area (Å²) in [5, 5.41) is 3.56. The summed E-state index contributed by atoms with van der Waals surface area (Å²) < 4.78 is 35.0. The van der Waals surface area contributed by atoms with Crippen LogP contribution in [0.4, 0.5) is 11.4 Å². The van der Waals surface area contributed by atoms with Crippen molar-refractivity contribution in [3.8, 4) is 11.1 Å². The minimum absolute atomic E-state index is 0.0496. The predicted molar refractivity (Wildman–Crippen MR) is 214 cm³/mol. The number of ether oxygens (including phenoxy) is 1. The second kappa shape index (κ2) is 16.8. The molecule has 1 saturated heterocycles. The van der Waals surface area contributed by atoms with Crippen molar-refractivity contribution in [2.75, 3.05) is 36.2 Å². The van der Waals surface area contributed by atoms with Gasteiger partial charge in [-0.25, -0.2) is 13.1 Å². The first-order valence-corrected chi connectivity index (χ1v) is 20.3. The Morgan fingerprint density at radius 2 is 1.52 bits per heavy atom. The predicted octanol–water partition coefficient (Wildman–Crippen LogP) is 8.99. The lowest BCUT2D eigenvalue weighted by Gasteiger charge is -2.42. The smallest absolute Gasteiger partial charge is 0.264 e. The second-order valence-electron chi connectivity index (χ2n) is 13.4. The molecule has 9 heteroatoms. The molecular weight excluding hydrogens is 687 g/mol. The number of hydrogen-bond donors (Lipinski definition) is 2. The number of benzene rings is 5. The first-order chi connectivity index (χ1) is 25.2. The van der Waals surface area contributed by atoms with Crippen LogP contribution in [0.25, 0.3) is 11.1 Å². The molecule has 5 aromatic rings. The zero-order valence-corrected chi connectivity index (χ0v) is 31.7. The Kier molecular flexibility index (Phi) is 12.0. The molecule has 0 aliphatic carbocycles. The number of piperidine rings is 1. The fraction of sp³-hybridized carbons (Fsp3) is 0.279. The van der Waals surface area contributed by atoms with E-state index < -0.39 is 15.9 Å². The quantitative estimate of drug-likeness (QED) is 0.110. The molecule has 2 N–H and O–H groups in total. The Hall–Kier alpha value is -4.57. The summed E-state index contributed by atoms with van der Waals surface area (Å²) in [6.45, 7) is 5.61. The number of nitrogens with zero attached hydrogens (tertiary/aromatic N) is 1. The van der Waals surface area contributed by atoms with Crippen LogP contribution in [0.1, 0.15) is 47.7 Å². The molecule has 1 aliphatic rings. The number of sulfonamides is 1. The van der Waals surface area contributed by atoms with Crippen LogP contribution in [0.15, 0.2) is 137 Å². The molecule has 1 aliphatic heterocycles. The summed E-state index contributed by atoms with van der Waals surface area (Å²) in [7, 11) is -2.27.